The van der Waals surface area contributed by atoms with E-state index in [1.807, 2.05) is 19.9 Å². The van der Waals surface area contributed by atoms with Crippen molar-refractivity contribution in [1.82, 2.24) is 15.4 Å². The first kappa shape index (κ1) is 19.2. The molecule has 2 aromatic heterocycles. The fourth-order valence-corrected chi connectivity index (χ4v) is 3.30. The van der Waals surface area contributed by atoms with Gasteiger partial charge in [-0.05, 0) is 30.9 Å². The average Bonchev–Trinajstić information content (AvgIpc) is 3.40. The number of nitrogens with one attached hydrogen (secondary N) is 1. The van der Waals surface area contributed by atoms with Crippen molar-refractivity contribution in [3.63, 3.8) is 0 Å². The summed E-state index contributed by atoms with van der Waals surface area (Å²) in [7, 11) is 0. The van der Waals surface area contributed by atoms with E-state index in [9.17, 15) is 9.59 Å². The Morgan fingerprint density at radius 2 is 2.00 bits per heavy atom. The van der Waals surface area contributed by atoms with Crippen LogP contribution in [-0.2, 0) is 17.9 Å². The molecule has 1 aliphatic rings. The molecule has 2 amide bonds. The van der Waals surface area contributed by atoms with Gasteiger partial charge in [0.25, 0.3) is 5.91 Å². The summed E-state index contributed by atoms with van der Waals surface area (Å²) >= 11 is 0. The summed E-state index contributed by atoms with van der Waals surface area (Å²) in [5, 5.41) is 6.66. The van der Waals surface area contributed by atoms with Gasteiger partial charge in [-0.25, -0.2) is 0 Å². The van der Waals surface area contributed by atoms with Gasteiger partial charge in [-0.3, -0.25) is 9.59 Å². The minimum Gasteiger partial charge on any atom is -0.467 e. The molecule has 27 heavy (non-hydrogen) atoms. The van der Waals surface area contributed by atoms with Crippen LogP contribution in [-0.4, -0.2) is 28.4 Å². The van der Waals surface area contributed by atoms with Crippen LogP contribution in [0.25, 0.3) is 0 Å². The van der Waals surface area contributed by atoms with E-state index < -0.39 is 0 Å². The molecule has 0 saturated heterocycles. The molecule has 1 fully saturated rings. The Bertz CT molecular complexity index is 745. The summed E-state index contributed by atoms with van der Waals surface area (Å²) in [6, 6.07) is 5.26. The number of furan rings is 1. The zero-order chi connectivity index (χ0) is 19.2. The van der Waals surface area contributed by atoms with Crippen molar-refractivity contribution in [3.05, 3.63) is 41.7 Å². The second-order valence-electron chi connectivity index (χ2n) is 7.54. The molecule has 1 aliphatic carbocycles. The molecular weight excluding hydrogens is 346 g/mol. The van der Waals surface area contributed by atoms with Crippen LogP contribution in [0.1, 0.15) is 61.5 Å². The summed E-state index contributed by atoms with van der Waals surface area (Å²) < 4.78 is 10.7. The Hall–Kier alpha value is -2.57. The smallest absolute Gasteiger partial charge is 0.273 e. The number of amides is 2. The molecule has 3 rings (SSSR count). The molecule has 0 atom stereocenters. The molecule has 0 bridgehead atoms. The van der Waals surface area contributed by atoms with E-state index in [-0.39, 0.29) is 30.0 Å². The molecule has 1 saturated carbocycles. The van der Waals surface area contributed by atoms with Crippen molar-refractivity contribution >= 4 is 11.8 Å². The second kappa shape index (κ2) is 8.88. The molecule has 0 unspecified atom stereocenters. The van der Waals surface area contributed by atoms with Gasteiger partial charge < -0.3 is 19.2 Å². The van der Waals surface area contributed by atoms with Gasteiger partial charge in [0.2, 0.25) is 5.91 Å². The number of hydrogen-bond acceptors (Lipinski definition) is 5. The lowest BCUT2D eigenvalue weighted by Crippen LogP contribution is -2.34. The van der Waals surface area contributed by atoms with E-state index in [2.05, 4.69) is 10.5 Å². The van der Waals surface area contributed by atoms with Crippen molar-refractivity contribution in [2.75, 3.05) is 6.54 Å². The fraction of sp³-hybridized carbons (Fsp3) is 0.550. The van der Waals surface area contributed by atoms with Gasteiger partial charge >= 0.3 is 0 Å². The molecular formula is C20H27N3O4. The lowest BCUT2D eigenvalue weighted by atomic mass is 10.1. The van der Waals surface area contributed by atoms with Crippen molar-refractivity contribution in [3.8, 4) is 0 Å². The Morgan fingerprint density at radius 1 is 1.26 bits per heavy atom. The maximum Gasteiger partial charge on any atom is 0.273 e. The Morgan fingerprint density at radius 3 is 2.67 bits per heavy atom. The van der Waals surface area contributed by atoms with Crippen molar-refractivity contribution in [1.29, 1.82) is 0 Å². The zero-order valence-electron chi connectivity index (χ0n) is 15.9. The third-order valence-corrected chi connectivity index (χ3v) is 4.75. The van der Waals surface area contributed by atoms with Gasteiger partial charge in [0.05, 0.1) is 19.4 Å². The van der Waals surface area contributed by atoms with Crippen LogP contribution in [0.4, 0.5) is 0 Å². The van der Waals surface area contributed by atoms with Crippen molar-refractivity contribution in [2.24, 2.45) is 11.8 Å². The number of rotatable bonds is 8. The fourth-order valence-electron chi connectivity index (χ4n) is 3.30. The molecule has 0 aromatic carbocycles. The van der Waals surface area contributed by atoms with E-state index in [1.165, 1.54) is 0 Å². The SMILES string of the molecule is CC(C)CNC(=O)c1cc(CN(Cc2ccco2)C(=O)C2CCCC2)on1. The monoisotopic (exact) mass is 373 g/mol. The van der Waals surface area contributed by atoms with Crippen LogP contribution >= 0.6 is 0 Å². The summed E-state index contributed by atoms with van der Waals surface area (Å²) in [6.07, 6.45) is 5.62. The van der Waals surface area contributed by atoms with E-state index in [4.69, 9.17) is 8.94 Å². The van der Waals surface area contributed by atoms with E-state index in [0.717, 1.165) is 31.4 Å². The molecule has 0 aliphatic heterocycles. The predicted molar refractivity (Wildman–Crippen MR) is 98.6 cm³/mol. The predicted octanol–water partition coefficient (Wildman–Crippen LogP) is 3.37. The van der Waals surface area contributed by atoms with Crippen LogP contribution in [0.5, 0.6) is 0 Å². The van der Waals surface area contributed by atoms with Crippen molar-refractivity contribution < 1.29 is 18.5 Å². The van der Waals surface area contributed by atoms with Gasteiger partial charge in [0.1, 0.15) is 5.76 Å². The molecule has 146 valence electrons. The molecule has 7 nitrogen and oxygen atoms in total. The van der Waals surface area contributed by atoms with Crippen LogP contribution in [0.2, 0.25) is 0 Å². The highest BCUT2D eigenvalue weighted by molar-refractivity contribution is 5.92. The summed E-state index contributed by atoms with van der Waals surface area (Å²) in [5.74, 6) is 1.45. The third kappa shape index (κ3) is 5.21. The highest BCUT2D eigenvalue weighted by Crippen LogP contribution is 2.28. The maximum atomic E-state index is 12.9. The van der Waals surface area contributed by atoms with Crippen LogP contribution < -0.4 is 5.32 Å². The molecule has 0 radical (unpaired) electrons. The highest BCUT2D eigenvalue weighted by Gasteiger charge is 2.29. The first-order chi connectivity index (χ1) is 13.0. The largest absolute Gasteiger partial charge is 0.467 e. The topological polar surface area (TPSA) is 88.6 Å². The van der Waals surface area contributed by atoms with Gasteiger partial charge in [0.15, 0.2) is 11.5 Å². The lowest BCUT2D eigenvalue weighted by molar-refractivity contribution is -0.137. The highest BCUT2D eigenvalue weighted by atomic mass is 16.5. The Labute approximate surface area is 159 Å². The maximum absolute atomic E-state index is 12.9. The first-order valence-electron chi connectivity index (χ1n) is 9.58. The lowest BCUT2D eigenvalue weighted by Gasteiger charge is -2.23. The number of carbonyl (C=O) groups excluding carboxylic acids is 2. The number of aromatic nitrogens is 1. The van der Waals surface area contributed by atoms with Gasteiger partial charge in [-0.1, -0.05) is 31.8 Å². The third-order valence-electron chi connectivity index (χ3n) is 4.75. The number of nitrogens with zero attached hydrogens (tertiary/aromatic N) is 2. The molecule has 2 aromatic rings. The first-order valence-corrected chi connectivity index (χ1v) is 9.58. The second-order valence-corrected chi connectivity index (χ2v) is 7.54. The number of carbonyl (C=O) groups is 2. The summed E-state index contributed by atoms with van der Waals surface area (Å²) in [4.78, 5) is 26.8. The average molecular weight is 373 g/mol. The number of hydrogen-bond donors (Lipinski definition) is 1. The standard InChI is InChI=1S/C20H27N3O4/c1-14(2)11-21-19(24)18-10-17(27-22-18)13-23(12-16-8-5-9-26-16)20(25)15-6-3-4-7-15/h5,8-10,14-15H,3-4,6-7,11-13H2,1-2H3,(H,21,24). The van der Waals surface area contributed by atoms with Crippen molar-refractivity contribution in [2.45, 2.75) is 52.6 Å². The minimum absolute atomic E-state index is 0.0525. The molecule has 0 spiro atoms. The molecule has 7 heteroatoms. The Kier molecular flexibility index (Phi) is 6.32. The quantitative estimate of drug-likeness (QED) is 0.766. The molecule has 1 N–H and O–H groups in total. The van der Waals surface area contributed by atoms with E-state index in [1.54, 1.807) is 23.3 Å². The van der Waals surface area contributed by atoms with E-state index in [0.29, 0.717) is 24.8 Å². The van der Waals surface area contributed by atoms with Gasteiger partial charge in [-0.2, -0.15) is 0 Å². The van der Waals surface area contributed by atoms with Crippen LogP contribution in [0.15, 0.2) is 33.4 Å². The summed E-state index contributed by atoms with van der Waals surface area (Å²) in [6.45, 7) is 5.26. The minimum atomic E-state index is -0.265. The van der Waals surface area contributed by atoms with E-state index >= 15 is 0 Å². The van der Waals surface area contributed by atoms with Crippen LogP contribution in [0, 0.1) is 11.8 Å². The van der Waals surface area contributed by atoms with Gasteiger partial charge in [0, 0.05) is 18.5 Å². The van der Waals surface area contributed by atoms with Crippen LogP contribution in [0.3, 0.4) is 0 Å². The normalized spacial score (nSPS) is 14.6. The molecule has 2 heterocycles. The zero-order valence-corrected chi connectivity index (χ0v) is 15.9. The summed E-state index contributed by atoms with van der Waals surface area (Å²) in [5.41, 5.74) is 0.233. The Balaban J connectivity index is 1.68. The van der Waals surface area contributed by atoms with Gasteiger partial charge in [-0.15, -0.1) is 0 Å².